The lowest BCUT2D eigenvalue weighted by Crippen LogP contribution is -2.43. The van der Waals surface area contributed by atoms with E-state index in [1.54, 1.807) is 7.11 Å². The summed E-state index contributed by atoms with van der Waals surface area (Å²) in [5.41, 5.74) is 0. The van der Waals surface area contributed by atoms with E-state index >= 15 is 0 Å². The standard InChI is InChI=1S/C17H36N4OS.HI/c1-6-18-16(20-14-17(2,3)23-5)19-13-15-7-9-21(10-8-15)11-12-22-4;/h15H,6-14H2,1-5H3,(H2,18,19,20);1H. The summed E-state index contributed by atoms with van der Waals surface area (Å²) in [5, 5.41) is 6.89. The van der Waals surface area contributed by atoms with Gasteiger partial charge in [0.15, 0.2) is 5.96 Å². The van der Waals surface area contributed by atoms with E-state index in [0.29, 0.717) is 0 Å². The van der Waals surface area contributed by atoms with Gasteiger partial charge in [0.2, 0.25) is 0 Å². The molecule has 0 saturated carbocycles. The second kappa shape index (κ2) is 13.5. The van der Waals surface area contributed by atoms with Crippen molar-refractivity contribution in [1.82, 2.24) is 15.5 Å². The van der Waals surface area contributed by atoms with Crippen LogP contribution in [0.15, 0.2) is 4.99 Å². The fourth-order valence-electron chi connectivity index (χ4n) is 2.55. The molecule has 2 N–H and O–H groups in total. The molecule has 0 unspecified atom stereocenters. The number of hydrogen-bond donors (Lipinski definition) is 2. The van der Waals surface area contributed by atoms with Crippen molar-refractivity contribution < 1.29 is 4.74 Å². The number of halogens is 1. The van der Waals surface area contributed by atoms with E-state index in [0.717, 1.165) is 44.7 Å². The Balaban J connectivity index is 0.00000529. The minimum atomic E-state index is 0. The van der Waals surface area contributed by atoms with Gasteiger partial charge in [0.25, 0.3) is 0 Å². The van der Waals surface area contributed by atoms with Crippen LogP contribution in [-0.2, 0) is 4.74 Å². The van der Waals surface area contributed by atoms with E-state index in [9.17, 15) is 0 Å². The highest BCUT2D eigenvalue weighted by molar-refractivity contribution is 14.0. The van der Waals surface area contributed by atoms with Crippen molar-refractivity contribution in [3.63, 3.8) is 0 Å². The molecule has 0 aliphatic carbocycles. The summed E-state index contributed by atoms with van der Waals surface area (Å²) in [4.78, 5) is 7.24. The van der Waals surface area contributed by atoms with Crippen molar-refractivity contribution in [3.05, 3.63) is 0 Å². The van der Waals surface area contributed by atoms with E-state index in [4.69, 9.17) is 9.73 Å². The molecule has 0 aromatic heterocycles. The van der Waals surface area contributed by atoms with Gasteiger partial charge in [-0.15, -0.1) is 24.0 Å². The van der Waals surface area contributed by atoms with Crippen molar-refractivity contribution >= 4 is 41.7 Å². The van der Waals surface area contributed by atoms with Gasteiger partial charge in [0, 0.05) is 31.5 Å². The Kier molecular flexibility index (Phi) is 13.6. The number of nitrogens with zero attached hydrogens (tertiary/aromatic N) is 2. The SMILES string of the molecule is CCNC(=NCC(C)(C)SC)NCC1CCN(CCOC)CC1.I. The molecule has 1 aliphatic rings. The highest BCUT2D eigenvalue weighted by Gasteiger charge is 2.19. The topological polar surface area (TPSA) is 48.9 Å². The zero-order valence-corrected chi connectivity index (χ0v) is 19.2. The van der Waals surface area contributed by atoms with Crippen LogP contribution in [0.25, 0.3) is 0 Å². The average molecular weight is 472 g/mol. The van der Waals surface area contributed by atoms with Gasteiger partial charge in [-0.2, -0.15) is 11.8 Å². The third-order valence-corrected chi connectivity index (χ3v) is 5.63. The Labute approximate surface area is 170 Å². The fourth-order valence-corrected chi connectivity index (χ4v) is 2.74. The summed E-state index contributed by atoms with van der Waals surface area (Å²) in [6, 6.07) is 0. The van der Waals surface area contributed by atoms with Gasteiger partial charge in [-0.05, 0) is 58.9 Å². The normalized spacial score (nSPS) is 17.5. The van der Waals surface area contributed by atoms with E-state index in [-0.39, 0.29) is 28.7 Å². The number of nitrogens with one attached hydrogen (secondary N) is 2. The molecule has 7 heteroatoms. The predicted molar refractivity (Wildman–Crippen MR) is 118 cm³/mol. The Morgan fingerprint density at radius 3 is 2.50 bits per heavy atom. The molecule has 24 heavy (non-hydrogen) atoms. The highest BCUT2D eigenvalue weighted by atomic mass is 127. The fraction of sp³-hybridized carbons (Fsp3) is 0.941. The Morgan fingerprint density at radius 2 is 1.96 bits per heavy atom. The second-order valence-corrected chi connectivity index (χ2v) is 8.33. The molecule has 0 aromatic carbocycles. The van der Waals surface area contributed by atoms with Gasteiger partial charge in [-0.3, -0.25) is 4.99 Å². The third kappa shape index (κ3) is 10.3. The molecular formula is C17H37IN4OS. The summed E-state index contributed by atoms with van der Waals surface area (Å²) in [7, 11) is 1.77. The first-order valence-electron chi connectivity index (χ1n) is 8.79. The van der Waals surface area contributed by atoms with Gasteiger partial charge in [0.1, 0.15) is 0 Å². The zero-order valence-electron chi connectivity index (χ0n) is 16.1. The van der Waals surface area contributed by atoms with Crippen LogP contribution in [0.5, 0.6) is 0 Å². The average Bonchev–Trinajstić information content (AvgIpc) is 2.56. The van der Waals surface area contributed by atoms with E-state index in [1.165, 1.54) is 25.9 Å². The van der Waals surface area contributed by atoms with E-state index in [1.807, 2.05) is 11.8 Å². The van der Waals surface area contributed by atoms with Crippen LogP contribution in [0, 0.1) is 5.92 Å². The molecule has 1 fully saturated rings. The number of guanidine groups is 1. The maximum Gasteiger partial charge on any atom is 0.191 e. The maximum absolute atomic E-state index is 5.16. The summed E-state index contributed by atoms with van der Waals surface area (Å²) >= 11 is 1.86. The number of likely N-dealkylation sites (tertiary alicyclic amines) is 1. The number of thioether (sulfide) groups is 1. The zero-order chi connectivity index (χ0) is 17.1. The number of rotatable bonds is 9. The first kappa shape index (κ1) is 24.3. The van der Waals surface area contributed by atoms with Gasteiger partial charge in [-0.1, -0.05) is 0 Å². The smallest absolute Gasteiger partial charge is 0.191 e. The molecular weight excluding hydrogens is 435 g/mol. The van der Waals surface area contributed by atoms with Gasteiger partial charge in [0.05, 0.1) is 13.2 Å². The summed E-state index contributed by atoms with van der Waals surface area (Å²) in [6.07, 6.45) is 4.66. The van der Waals surface area contributed by atoms with Gasteiger partial charge < -0.3 is 20.3 Å². The monoisotopic (exact) mass is 472 g/mol. The Morgan fingerprint density at radius 1 is 1.29 bits per heavy atom. The van der Waals surface area contributed by atoms with Crippen LogP contribution in [0.3, 0.4) is 0 Å². The summed E-state index contributed by atoms with van der Waals surface area (Å²) < 4.78 is 5.35. The number of aliphatic imine (C=N–C) groups is 1. The second-order valence-electron chi connectivity index (χ2n) is 6.82. The van der Waals surface area contributed by atoms with Crippen molar-refractivity contribution in [2.24, 2.45) is 10.9 Å². The molecule has 1 rings (SSSR count). The lowest BCUT2D eigenvalue weighted by molar-refractivity contribution is 0.121. The molecule has 0 aromatic rings. The molecule has 5 nitrogen and oxygen atoms in total. The molecule has 1 aliphatic heterocycles. The minimum absolute atomic E-state index is 0. The van der Waals surface area contributed by atoms with E-state index in [2.05, 4.69) is 42.6 Å². The predicted octanol–water partition coefficient (Wildman–Crippen LogP) is 2.66. The van der Waals surface area contributed by atoms with Crippen molar-refractivity contribution in [2.45, 2.75) is 38.4 Å². The first-order valence-corrected chi connectivity index (χ1v) is 10.0. The van der Waals surface area contributed by atoms with Crippen LogP contribution in [0.1, 0.15) is 33.6 Å². The Bertz CT molecular complexity index is 347. The number of methoxy groups -OCH3 is 1. The molecule has 1 saturated heterocycles. The number of hydrogen-bond acceptors (Lipinski definition) is 4. The number of ether oxygens (including phenoxy) is 1. The molecule has 1 heterocycles. The third-order valence-electron chi connectivity index (χ3n) is 4.39. The first-order chi connectivity index (χ1) is 11.0. The van der Waals surface area contributed by atoms with Crippen LogP contribution >= 0.6 is 35.7 Å². The van der Waals surface area contributed by atoms with Gasteiger partial charge >= 0.3 is 0 Å². The van der Waals surface area contributed by atoms with Crippen molar-refractivity contribution in [3.8, 4) is 0 Å². The van der Waals surface area contributed by atoms with Crippen LogP contribution < -0.4 is 10.6 Å². The van der Waals surface area contributed by atoms with Crippen LogP contribution in [0.4, 0.5) is 0 Å². The molecule has 0 bridgehead atoms. The lowest BCUT2D eigenvalue weighted by atomic mass is 9.97. The maximum atomic E-state index is 5.16. The minimum Gasteiger partial charge on any atom is -0.383 e. The molecule has 0 spiro atoms. The number of piperidine rings is 1. The van der Waals surface area contributed by atoms with Crippen LogP contribution in [-0.4, -0.2) is 74.8 Å². The van der Waals surface area contributed by atoms with Crippen LogP contribution in [0.2, 0.25) is 0 Å². The van der Waals surface area contributed by atoms with Gasteiger partial charge in [-0.25, -0.2) is 0 Å². The summed E-state index contributed by atoms with van der Waals surface area (Å²) in [6.45, 7) is 13.6. The summed E-state index contributed by atoms with van der Waals surface area (Å²) in [5.74, 6) is 1.70. The molecule has 0 amide bonds. The Hall–Kier alpha value is 0.270. The van der Waals surface area contributed by atoms with E-state index < -0.39 is 0 Å². The quantitative estimate of drug-likeness (QED) is 0.307. The molecule has 144 valence electrons. The van der Waals surface area contributed by atoms with Crippen molar-refractivity contribution in [1.29, 1.82) is 0 Å². The molecule has 0 radical (unpaired) electrons. The van der Waals surface area contributed by atoms with Crippen molar-refractivity contribution in [2.75, 3.05) is 59.2 Å². The molecule has 0 atom stereocenters. The lowest BCUT2D eigenvalue weighted by Gasteiger charge is -2.32. The largest absolute Gasteiger partial charge is 0.383 e. The highest BCUT2D eigenvalue weighted by Crippen LogP contribution is 2.21.